The fourth-order valence-electron chi connectivity index (χ4n) is 3.11. The Balaban J connectivity index is -0.000000606. The topological polar surface area (TPSA) is 68.2 Å². The number of rotatable bonds is 5. The first kappa shape index (κ1) is 53.0. The Morgan fingerprint density at radius 3 is 1.88 bits per heavy atom. The van der Waals surface area contributed by atoms with Gasteiger partial charge in [-0.15, -0.1) is 17.9 Å². The van der Waals surface area contributed by atoms with Crippen LogP contribution in [0, 0.1) is 0 Å². The Kier molecular flexibility index (Phi) is 32.5. The number of benzene rings is 2. The summed E-state index contributed by atoms with van der Waals surface area (Å²) in [5.41, 5.74) is 0.724. The Morgan fingerprint density at radius 2 is 1.37 bits per heavy atom. The molecule has 1 fully saturated rings. The molecular formula is C22H30B2Br2Cl2IrO5P6Y3. The predicted molar refractivity (Wildman–Crippen MR) is 195 cm³/mol. The molecule has 6 atom stereocenters. The summed E-state index contributed by atoms with van der Waals surface area (Å²) < 4.78 is 18.5. The molecule has 2 aliphatic rings. The molecule has 2 heterocycles. The first-order chi connectivity index (χ1) is 18.2. The fraction of sp³-hybridized carbons (Fsp3) is 0.273. The average molecular weight is 1270 g/mol. The van der Waals surface area contributed by atoms with Crippen molar-refractivity contribution in [3.63, 3.8) is 0 Å². The van der Waals surface area contributed by atoms with Crippen LogP contribution < -0.4 is 4.65 Å². The van der Waals surface area contributed by atoms with E-state index in [1.54, 1.807) is 42.3 Å². The molecule has 1 saturated heterocycles. The molecule has 0 amide bonds. The van der Waals surface area contributed by atoms with Crippen LogP contribution in [-0.2, 0) is 128 Å². The Morgan fingerprint density at radius 1 is 0.884 bits per heavy atom. The third kappa shape index (κ3) is 18.3. The second kappa shape index (κ2) is 26.4. The zero-order valence-electron chi connectivity index (χ0n) is 23.6. The molecular weight excluding hydrogens is 1240 g/mol. The van der Waals surface area contributed by atoms with Crippen LogP contribution in [0.2, 0.25) is 10.0 Å². The number of hydrogen-bond acceptors (Lipinski definition) is 5. The summed E-state index contributed by atoms with van der Waals surface area (Å²) in [7, 11) is 8.88. The molecule has 2 aliphatic heterocycles. The van der Waals surface area contributed by atoms with Gasteiger partial charge in [0.1, 0.15) is 11.5 Å². The summed E-state index contributed by atoms with van der Waals surface area (Å²) in [4.78, 5) is 0. The maximum atomic E-state index is 9.92. The van der Waals surface area contributed by atoms with Gasteiger partial charge in [-0.2, -0.15) is 0 Å². The van der Waals surface area contributed by atoms with Gasteiger partial charge in [-0.25, -0.2) is 0 Å². The molecule has 43 heavy (non-hydrogen) atoms. The van der Waals surface area contributed by atoms with Crippen molar-refractivity contribution >= 4 is 131 Å². The van der Waals surface area contributed by atoms with E-state index in [-0.39, 0.29) is 135 Å². The molecule has 4 rings (SSSR count). The van der Waals surface area contributed by atoms with Crippen LogP contribution in [0.3, 0.4) is 0 Å². The third-order valence-corrected chi connectivity index (χ3v) is 23.7. The minimum absolute atomic E-state index is 0. The van der Waals surface area contributed by atoms with Gasteiger partial charge in [0.05, 0.1) is 21.2 Å². The number of phenolic OH excluding ortho intramolecular Hbond substituents is 1. The molecule has 21 heteroatoms. The second-order valence-corrected chi connectivity index (χ2v) is 25.7. The minimum atomic E-state index is -0.897. The predicted octanol–water partition coefficient (Wildman–Crippen LogP) is 10.00. The Hall–Kier alpha value is 5.61. The van der Waals surface area contributed by atoms with Gasteiger partial charge in [0.25, 0.3) is 0 Å². The van der Waals surface area contributed by atoms with Crippen molar-refractivity contribution in [2.24, 2.45) is 0 Å². The van der Waals surface area contributed by atoms with E-state index in [9.17, 15) is 10.1 Å². The minimum Gasteiger partial charge on any atom is -0.531 e. The van der Waals surface area contributed by atoms with Crippen LogP contribution in [0.1, 0.15) is 38.8 Å². The largest absolute Gasteiger partial charge is 0.552 e. The normalized spacial score (nSPS) is 16.3. The summed E-state index contributed by atoms with van der Waals surface area (Å²) in [5, 5.41) is 19.9. The summed E-state index contributed by atoms with van der Waals surface area (Å²) in [5.74, 6) is 3.90. The van der Waals surface area contributed by atoms with Gasteiger partial charge in [-0.05, 0) is 57.9 Å². The van der Waals surface area contributed by atoms with Crippen molar-refractivity contribution in [3.05, 3.63) is 66.3 Å². The fourth-order valence-corrected chi connectivity index (χ4v) is 22.3. The van der Waals surface area contributed by atoms with Crippen molar-refractivity contribution in [1.29, 1.82) is 0 Å². The summed E-state index contributed by atoms with van der Waals surface area (Å²) in [6.07, 6.45) is 3.52. The van der Waals surface area contributed by atoms with E-state index >= 15 is 0 Å². The van der Waals surface area contributed by atoms with E-state index in [0.717, 1.165) is 30.4 Å². The monoisotopic (exact) mass is 1270 g/mol. The van der Waals surface area contributed by atoms with Crippen molar-refractivity contribution in [1.82, 2.24) is 0 Å². The summed E-state index contributed by atoms with van der Waals surface area (Å²) >= 11 is 18.5. The zero-order valence-corrected chi connectivity index (χ0v) is 45.5. The van der Waals surface area contributed by atoms with Gasteiger partial charge >= 0.3 is 14.2 Å². The van der Waals surface area contributed by atoms with Crippen molar-refractivity contribution < 1.29 is 142 Å². The molecule has 0 aliphatic carbocycles. The van der Waals surface area contributed by atoms with Crippen LogP contribution in [0.15, 0.2) is 45.2 Å². The van der Waals surface area contributed by atoms with Gasteiger partial charge < -0.3 is 24.1 Å². The van der Waals surface area contributed by atoms with Crippen LogP contribution in [0.25, 0.3) is 12.2 Å². The molecule has 0 aromatic heterocycles. The maximum absolute atomic E-state index is 9.92. The second-order valence-electron chi connectivity index (χ2n) is 9.02. The van der Waals surface area contributed by atoms with Crippen molar-refractivity contribution in [2.75, 3.05) is 0 Å². The molecule has 5 nitrogen and oxygen atoms in total. The van der Waals surface area contributed by atoms with E-state index < -0.39 is 14.2 Å². The van der Waals surface area contributed by atoms with E-state index in [0.29, 0.717) is 21.4 Å². The van der Waals surface area contributed by atoms with Crippen molar-refractivity contribution in [2.45, 2.75) is 38.9 Å². The van der Waals surface area contributed by atoms with E-state index in [2.05, 4.69) is 49.7 Å². The molecule has 2 aromatic rings. The third-order valence-electron chi connectivity index (χ3n) is 5.69. The summed E-state index contributed by atoms with van der Waals surface area (Å²) in [6, 6.07) is 7.03. The molecule has 4 radical (unpaired) electrons. The summed E-state index contributed by atoms with van der Waals surface area (Å²) in [6.45, 7) is 7.98. The molecule has 0 saturated carbocycles. The van der Waals surface area contributed by atoms with Crippen LogP contribution in [-0.4, -0.2) is 35.6 Å². The van der Waals surface area contributed by atoms with Crippen LogP contribution in [0.5, 0.6) is 11.5 Å². The standard InChI is InChI=1S/C14H17BBrClO3.C8H5BBrClO2.Ir.H8P6.3Y/c1-13(2)14(3,4)20-15(19-13)6-5-9-7-10(16)8-11(17)12(9)18;10-6-3-5-1-2-9(12)13-8(5)7(11)4-6;;1-3-5-6-4-2;;;/h5-8,18H,1-4H3;1-4,12H;;3-6H,1-2H2;;;/b6-5+;;;;;;. The Bertz CT molecular complexity index is 1200. The first-order valence-electron chi connectivity index (χ1n) is 11.4. The van der Waals surface area contributed by atoms with Crippen LogP contribution >= 0.6 is 105 Å². The van der Waals surface area contributed by atoms with Gasteiger partial charge in [0, 0.05) is 138 Å². The zero-order chi connectivity index (χ0) is 29.4. The van der Waals surface area contributed by atoms with Gasteiger partial charge in [-0.1, -0.05) is 105 Å². The number of fused-ring (bicyclic) bond motifs is 1. The molecule has 2 N–H and O–H groups in total. The van der Waals surface area contributed by atoms with Gasteiger partial charge in [-0.3, -0.25) is 0 Å². The first-order valence-corrected chi connectivity index (χ1v) is 24.3. The molecule has 2 aromatic carbocycles. The molecule has 6 unspecified atom stereocenters. The van der Waals surface area contributed by atoms with E-state index in [4.69, 9.17) is 37.2 Å². The Labute approximate surface area is 383 Å². The SMILES string of the molecule is CC1(C)OB(/C=C/c2cc(Br)cc(Cl)c2O)OC1(C)C.OB1C=Cc2cc(Br)cc(Cl)c2O1.PPPPPP.[Ir].[Y].[Y].[Y]. The number of hydrogen-bond donors (Lipinski definition) is 2. The van der Waals surface area contributed by atoms with E-state index in [1.807, 2.05) is 33.8 Å². The quantitative estimate of drug-likeness (QED) is 0.178. The number of phenols is 1. The van der Waals surface area contributed by atoms with Crippen LogP contribution in [0.4, 0.5) is 0 Å². The molecule has 230 valence electrons. The molecule has 0 spiro atoms. The van der Waals surface area contributed by atoms with E-state index in [1.165, 1.54) is 15.9 Å². The average Bonchev–Trinajstić information content (AvgIpc) is 3.06. The number of halogens is 4. The maximum Gasteiger partial charge on any atom is 0.552 e. The number of aromatic hydroxyl groups is 1. The molecule has 0 bridgehead atoms. The van der Waals surface area contributed by atoms with Crippen molar-refractivity contribution in [3.8, 4) is 11.5 Å². The van der Waals surface area contributed by atoms with Gasteiger partial charge in [0.2, 0.25) is 0 Å². The van der Waals surface area contributed by atoms with Gasteiger partial charge in [0.15, 0.2) is 0 Å². The smallest absolute Gasteiger partial charge is 0.531 e.